The van der Waals surface area contributed by atoms with Gasteiger partial charge in [0.2, 0.25) is 5.78 Å². The molecule has 2 N–H and O–H groups in total. The maximum Gasteiger partial charge on any atom is 0.295 e. The van der Waals surface area contributed by atoms with E-state index in [1.807, 2.05) is 0 Å². The molecule has 0 saturated heterocycles. The van der Waals surface area contributed by atoms with Crippen molar-refractivity contribution in [2.75, 3.05) is 4.90 Å². The molecule has 1 amide bonds. The average molecular weight is 419 g/mol. The number of anilines is 1. The Morgan fingerprint density at radius 2 is 2.03 bits per heavy atom. The number of carbonyl (C=O) groups excluding carboxylic acids is 2. The Kier molecular flexibility index (Phi) is 4.14. The second-order valence-corrected chi connectivity index (χ2v) is 6.93. The monoisotopic (exact) mass is 419 g/mol. The van der Waals surface area contributed by atoms with Gasteiger partial charge in [0.05, 0.1) is 23.2 Å². The molecule has 31 heavy (non-hydrogen) atoms. The van der Waals surface area contributed by atoms with Gasteiger partial charge in [0.25, 0.3) is 5.91 Å². The third kappa shape index (κ3) is 2.80. The van der Waals surface area contributed by atoms with Gasteiger partial charge in [0.15, 0.2) is 23.0 Å². The maximum absolute atomic E-state index is 14.9. The molecule has 0 fully saturated rings. The summed E-state index contributed by atoms with van der Waals surface area (Å²) in [5.41, 5.74) is 0.0486. The first-order chi connectivity index (χ1) is 15.0. The molecule has 0 radical (unpaired) electrons. The van der Waals surface area contributed by atoms with E-state index in [-0.39, 0.29) is 22.7 Å². The van der Waals surface area contributed by atoms with E-state index >= 15 is 0 Å². The first kappa shape index (κ1) is 18.7. The molecule has 1 atom stereocenters. The molecule has 4 aromatic rings. The van der Waals surface area contributed by atoms with Crippen molar-refractivity contribution < 1.29 is 23.5 Å². The Balaban J connectivity index is 1.74. The van der Waals surface area contributed by atoms with Gasteiger partial charge in [-0.05, 0) is 25.1 Å². The lowest BCUT2D eigenvalue weighted by molar-refractivity contribution is -0.117. The minimum Gasteiger partial charge on any atom is -0.503 e. The van der Waals surface area contributed by atoms with Gasteiger partial charge in [-0.1, -0.05) is 18.2 Å². The number of halogens is 1. The van der Waals surface area contributed by atoms with Crippen LogP contribution in [0.3, 0.4) is 0 Å². The molecule has 0 spiro atoms. The quantitative estimate of drug-likeness (QED) is 0.487. The lowest BCUT2D eigenvalue weighted by Crippen LogP contribution is -2.32. The van der Waals surface area contributed by atoms with Crippen molar-refractivity contribution in [3.05, 3.63) is 83.2 Å². The molecule has 0 bridgehead atoms. The number of aryl methyl sites for hydroxylation is 1. The molecule has 0 aliphatic carbocycles. The molecule has 5 rings (SSSR count). The highest BCUT2D eigenvalue weighted by Crippen LogP contribution is 2.43. The number of aromatic amines is 1. The van der Waals surface area contributed by atoms with Crippen molar-refractivity contribution in [1.82, 2.24) is 20.2 Å². The normalized spacial score (nSPS) is 16.5. The van der Waals surface area contributed by atoms with E-state index < -0.39 is 29.3 Å². The van der Waals surface area contributed by atoms with Crippen LogP contribution in [-0.4, -0.2) is 37.0 Å². The summed E-state index contributed by atoms with van der Waals surface area (Å²) < 4.78 is 20.2. The van der Waals surface area contributed by atoms with Crippen molar-refractivity contribution >= 4 is 28.5 Å². The highest BCUT2D eigenvalue weighted by Gasteiger charge is 2.47. The summed E-state index contributed by atoms with van der Waals surface area (Å²) in [5.74, 6) is -2.62. The number of amides is 1. The fraction of sp³-hybridized carbons (Fsp3) is 0.0952. The zero-order chi connectivity index (χ0) is 21.7. The molecule has 1 unspecified atom stereocenters. The second-order valence-electron chi connectivity index (χ2n) is 6.93. The van der Waals surface area contributed by atoms with Gasteiger partial charge in [-0.25, -0.2) is 14.4 Å². The zero-order valence-corrected chi connectivity index (χ0v) is 16.0. The fourth-order valence-electron chi connectivity index (χ4n) is 3.68. The molecule has 154 valence electrons. The second kappa shape index (κ2) is 6.87. The van der Waals surface area contributed by atoms with Gasteiger partial charge >= 0.3 is 0 Å². The minimum absolute atomic E-state index is 0.0155. The van der Waals surface area contributed by atoms with Gasteiger partial charge < -0.3 is 9.52 Å². The zero-order valence-electron chi connectivity index (χ0n) is 16.0. The number of H-pyrrole nitrogens is 1. The lowest BCUT2D eigenvalue weighted by atomic mass is 9.94. The number of ketones is 1. The third-order valence-electron chi connectivity index (χ3n) is 5.07. The number of benzene rings is 1. The standard InChI is InChI=1S/C21H14FN5O4/c1-10-6-7-14(31-10)17(28)15-16(11-4-2-3-5-13(11)22)27(21(30)18(15)29)20-12-8-25-26-19(12)23-9-24-20/h2-9,16,29H,1H3,(H,23,24,25,26). The van der Waals surface area contributed by atoms with Gasteiger partial charge in [-0.2, -0.15) is 5.10 Å². The summed E-state index contributed by atoms with van der Waals surface area (Å²) in [6, 6.07) is 7.44. The van der Waals surface area contributed by atoms with Crippen LogP contribution in [0.4, 0.5) is 10.2 Å². The van der Waals surface area contributed by atoms with Crippen LogP contribution in [0.25, 0.3) is 11.0 Å². The number of aromatic nitrogens is 4. The van der Waals surface area contributed by atoms with Gasteiger partial charge in [-0.15, -0.1) is 0 Å². The van der Waals surface area contributed by atoms with Gasteiger partial charge in [0, 0.05) is 5.56 Å². The van der Waals surface area contributed by atoms with Gasteiger partial charge in [0.1, 0.15) is 17.9 Å². The number of hydrogen-bond donors (Lipinski definition) is 2. The van der Waals surface area contributed by atoms with Crippen molar-refractivity contribution in [3.8, 4) is 0 Å². The van der Waals surface area contributed by atoms with E-state index in [0.29, 0.717) is 16.8 Å². The largest absolute Gasteiger partial charge is 0.503 e. The van der Waals surface area contributed by atoms with E-state index in [1.165, 1.54) is 36.8 Å². The van der Waals surface area contributed by atoms with Gasteiger partial charge in [-0.3, -0.25) is 19.6 Å². The first-order valence-corrected chi connectivity index (χ1v) is 9.23. The predicted octanol–water partition coefficient (Wildman–Crippen LogP) is 3.18. The molecule has 1 aromatic carbocycles. The maximum atomic E-state index is 14.9. The van der Waals surface area contributed by atoms with Crippen LogP contribution in [0.15, 0.2) is 64.7 Å². The molecular formula is C21H14FN5O4. The Morgan fingerprint density at radius 1 is 1.23 bits per heavy atom. The van der Waals surface area contributed by atoms with Crippen molar-refractivity contribution in [3.63, 3.8) is 0 Å². The van der Waals surface area contributed by atoms with E-state index in [9.17, 15) is 19.1 Å². The molecule has 0 saturated carbocycles. The Labute approximate surface area is 173 Å². The summed E-state index contributed by atoms with van der Waals surface area (Å²) in [5, 5.41) is 17.6. The Hall–Kier alpha value is -4.34. The number of nitrogens with zero attached hydrogens (tertiary/aromatic N) is 4. The van der Waals surface area contributed by atoms with Crippen LogP contribution in [0.2, 0.25) is 0 Å². The molecule has 9 nitrogen and oxygen atoms in total. The Morgan fingerprint density at radius 3 is 2.77 bits per heavy atom. The van der Waals surface area contributed by atoms with Crippen molar-refractivity contribution in [1.29, 1.82) is 0 Å². The number of fused-ring (bicyclic) bond motifs is 1. The number of furan rings is 1. The summed E-state index contributed by atoms with van der Waals surface area (Å²) in [6.45, 7) is 1.65. The number of carbonyl (C=O) groups is 2. The van der Waals surface area contributed by atoms with Crippen LogP contribution in [0.5, 0.6) is 0 Å². The van der Waals surface area contributed by atoms with Crippen LogP contribution in [0.1, 0.15) is 27.9 Å². The van der Waals surface area contributed by atoms with E-state index in [2.05, 4.69) is 20.2 Å². The summed E-state index contributed by atoms with van der Waals surface area (Å²) in [7, 11) is 0. The number of nitrogens with one attached hydrogen (secondary N) is 1. The van der Waals surface area contributed by atoms with E-state index in [4.69, 9.17) is 4.42 Å². The molecule has 4 heterocycles. The number of aliphatic hydroxyl groups excluding tert-OH is 1. The topological polar surface area (TPSA) is 125 Å². The average Bonchev–Trinajstić information content (AvgIpc) is 3.47. The Bertz CT molecular complexity index is 1390. The summed E-state index contributed by atoms with van der Waals surface area (Å²) >= 11 is 0. The number of hydrogen-bond acceptors (Lipinski definition) is 7. The molecule has 1 aliphatic rings. The number of rotatable bonds is 4. The third-order valence-corrected chi connectivity index (χ3v) is 5.07. The molecule has 3 aromatic heterocycles. The predicted molar refractivity (Wildman–Crippen MR) is 106 cm³/mol. The van der Waals surface area contributed by atoms with E-state index in [0.717, 1.165) is 4.90 Å². The van der Waals surface area contributed by atoms with E-state index in [1.54, 1.807) is 19.1 Å². The fourth-order valence-corrected chi connectivity index (χ4v) is 3.68. The van der Waals surface area contributed by atoms with Crippen LogP contribution >= 0.6 is 0 Å². The van der Waals surface area contributed by atoms with Crippen LogP contribution < -0.4 is 4.90 Å². The first-order valence-electron chi connectivity index (χ1n) is 9.23. The van der Waals surface area contributed by atoms with Crippen LogP contribution in [0, 0.1) is 12.7 Å². The highest BCUT2D eigenvalue weighted by atomic mass is 19.1. The molecule has 10 heteroatoms. The molecular weight excluding hydrogens is 405 g/mol. The smallest absolute Gasteiger partial charge is 0.295 e. The van der Waals surface area contributed by atoms with Crippen molar-refractivity contribution in [2.24, 2.45) is 0 Å². The SMILES string of the molecule is Cc1ccc(C(=O)C2=C(O)C(=O)N(c3ncnc4[nH]ncc34)C2c2ccccc2F)o1. The number of aliphatic hydroxyl groups is 1. The minimum atomic E-state index is -1.28. The summed E-state index contributed by atoms with van der Waals surface area (Å²) in [6.07, 6.45) is 2.61. The summed E-state index contributed by atoms with van der Waals surface area (Å²) in [4.78, 5) is 35.6. The lowest BCUT2D eigenvalue weighted by Gasteiger charge is -2.26. The van der Waals surface area contributed by atoms with Crippen LogP contribution in [-0.2, 0) is 4.79 Å². The highest BCUT2D eigenvalue weighted by molar-refractivity contribution is 6.21. The number of Topliss-reactive ketones (excluding diaryl/α,β-unsaturated/α-hetero) is 1. The van der Waals surface area contributed by atoms with Crippen molar-refractivity contribution in [2.45, 2.75) is 13.0 Å². The molecule has 1 aliphatic heterocycles.